The first-order valence-electron chi connectivity index (χ1n) is 10.0. The van der Waals surface area contributed by atoms with E-state index in [0.29, 0.717) is 24.4 Å². The number of furan rings is 1. The van der Waals surface area contributed by atoms with Crippen molar-refractivity contribution < 1.29 is 14.0 Å². The molecule has 3 aromatic rings. The first kappa shape index (κ1) is 21.3. The quantitative estimate of drug-likeness (QED) is 0.571. The highest BCUT2D eigenvalue weighted by molar-refractivity contribution is 5.94. The molecule has 0 spiro atoms. The van der Waals surface area contributed by atoms with Gasteiger partial charge in [0.1, 0.15) is 11.8 Å². The van der Waals surface area contributed by atoms with Gasteiger partial charge >= 0.3 is 0 Å². The standard InChI is InChI=1S/C24H27N3O3/c1-3-27(2)22(19-10-5-4-6-11-19)24(29)25-16-18-9-7-12-20(15-18)23(28)26-17-21-13-8-14-30-21/h4-15,22H,3,16-17H2,1-2H3,(H,25,29)(H,26,28). The van der Waals surface area contributed by atoms with Gasteiger partial charge in [-0.2, -0.15) is 0 Å². The van der Waals surface area contributed by atoms with Crippen molar-refractivity contribution >= 4 is 11.8 Å². The summed E-state index contributed by atoms with van der Waals surface area (Å²) in [6.45, 7) is 3.44. The van der Waals surface area contributed by atoms with Crippen LogP contribution in [0, 0.1) is 0 Å². The Morgan fingerprint density at radius 3 is 2.47 bits per heavy atom. The Hall–Kier alpha value is -3.38. The van der Waals surface area contributed by atoms with Crippen LogP contribution in [-0.4, -0.2) is 30.3 Å². The highest BCUT2D eigenvalue weighted by atomic mass is 16.3. The Morgan fingerprint density at radius 2 is 1.77 bits per heavy atom. The van der Waals surface area contributed by atoms with E-state index in [2.05, 4.69) is 10.6 Å². The normalized spacial score (nSPS) is 11.8. The maximum Gasteiger partial charge on any atom is 0.251 e. The summed E-state index contributed by atoms with van der Waals surface area (Å²) in [5.41, 5.74) is 2.35. The number of hydrogen-bond donors (Lipinski definition) is 2. The lowest BCUT2D eigenvalue weighted by Crippen LogP contribution is -2.38. The molecule has 30 heavy (non-hydrogen) atoms. The molecule has 3 rings (SSSR count). The minimum Gasteiger partial charge on any atom is -0.467 e. The van der Waals surface area contributed by atoms with E-state index < -0.39 is 0 Å². The van der Waals surface area contributed by atoms with Gasteiger partial charge in [-0.1, -0.05) is 49.4 Å². The molecule has 0 bridgehead atoms. The largest absolute Gasteiger partial charge is 0.467 e. The smallest absolute Gasteiger partial charge is 0.251 e. The third kappa shape index (κ3) is 5.58. The van der Waals surface area contributed by atoms with Crippen LogP contribution in [0.3, 0.4) is 0 Å². The van der Waals surface area contributed by atoms with Crippen LogP contribution in [-0.2, 0) is 17.9 Å². The van der Waals surface area contributed by atoms with Gasteiger partial charge in [0.15, 0.2) is 0 Å². The molecule has 6 nitrogen and oxygen atoms in total. The molecule has 156 valence electrons. The van der Waals surface area contributed by atoms with Gasteiger partial charge in [-0.15, -0.1) is 0 Å². The second-order valence-electron chi connectivity index (χ2n) is 7.07. The molecule has 2 aromatic carbocycles. The summed E-state index contributed by atoms with van der Waals surface area (Å²) in [4.78, 5) is 27.3. The predicted octanol–water partition coefficient (Wildman–Crippen LogP) is 3.52. The number of nitrogens with zero attached hydrogens (tertiary/aromatic N) is 1. The molecule has 2 amide bonds. The SMILES string of the molecule is CCN(C)C(C(=O)NCc1cccc(C(=O)NCc2ccco2)c1)c1ccccc1. The molecule has 0 radical (unpaired) electrons. The minimum atomic E-state index is -0.365. The van der Waals surface area contributed by atoms with Crippen molar-refractivity contribution in [3.05, 3.63) is 95.4 Å². The summed E-state index contributed by atoms with van der Waals surface area (Å²) in [7, 11) is 1.93. The zero-order chi connectivity index (χ0) is 21.3. The lowest BCUT2D eigenvalue weighted by Gasteiger charge is -2.26. The Labute approximate surface area is 176 Å². The van der Waals surface area contributed by atoms with Crippen molar-refractivity contribution in [2.24, 2.45) is 0 Å². The molecule has 0 aliphatic heterocycles. The number of hydrogen-bond acceptors (Lipinski definition) is 4. The van der Waals surface area contributed by atoms with Gasteiger partial charge in [-0.05, 0) is 49.0 Å². The molecule has 2 N–H and O–H groups in total. The van der Waals surface area contributed by atoms with Crippen molar-refractivity contribution in [1.82, 2.24) is 15.5 Å². The highest BCUT2D eigenvalue weighted by Gasteiger charge is 2.23. The average molecular weight is 405 g/mol. The fourth-order valence-electron chi connectivity index (χ4n) is 3.21. The fraction of sp³-hybridized carbons (Fsp3) is 0.250. The summed E-state index contributed by atoms with van der Waals surface area (Å²) >= 11 is 0. The summed E-state index contributed by atoms with van der Waals surface area (Å²) in [6, 6.07) is 20.2. The number of carbonyl (C=O) groups is 2. The molecule has 0 aliphatic carbocycles. The van der Waals surface area contributed by atoms with Crippen molar-refractivity contribution in [1.29, 1.82) is 0 Å². The lowest BCUT2D eigenvalue weighted by molar-refractivity contribution is -0.126. The van der Waals surface area contributed by atoms with Gasteiger partial charge in [0, 0.05) is 12.1 Å². The average Bonchev–Trinajstić information content (AvgIpc) is 3.30. The topological polar surface area (TPSA) is 74.6 Å². The summed E-state index contributed by atoms with van der Waals surface area (Å²) in [5, 5.41) is 5.83. The van der Waals surface area contributed by atoms with Crippen LogP contribution in [0.1, 0.15) is 40.2 Å². The number of likely N-dealkylation sites (N-methyl/N-ethyl adjacent to an activating group) is 1. The molecule has 0 saturated carbocycles. The summed E-state index contributed by atoms with van der Waals surface area (Å²) < 4.78 is 5.23. The van der Waals surface area contributed by atoms with E-state index >= 15 is 0 Å². The molecule has 1 aromatic heterocycles. The monoisotopic (exact) mass is 405 g/mol. The first-order valence-corrected chi connectivity index (χ1v) is 10.0. The van der Waals surface area contributed by atoms with Crippen LogP contribution in [0.5, 0.6) is 0 Å². The van der Waals surface area contributed by atoms with Crippen LogP contribution in [0.15, 0.2) is 77.4 Å². The Morgan fingerprint density at radius 1 is 0.967 bits per heavy atom. The third-order valence-corrected chi connectivity index (χ3v) is 4.96. The lowest BCUT2D eigenvalue weighted by atomic mass is 10.0. The Kier molecular flexibility index (Phi) is 7.40. The summed E-state index contributed by atoms with van der Waals surface area (Å²) in [5.74, 6) is 0.435. The highest BCUT2D eigenvalue weighted by Crippen LogP contribution is 2.19. The minimum absolute atomic E-state index is 0.0711. The Bertz CT molecular complexity index is 955. The van der Waals surface area contributed by atoms with Crippen LogP contribution in [0.4, 0.5) is 0 Å². The van der Waals surface area contributed by atoms with Crippen molar-refractivity contribution in [2.75, 3.05) is 13.6 Å². The van der Waals surface area contributed by atoms with Crippen LogP contribution >= 0.6 is 0 Å². The van der Waals surface area contributed by atoms with E-state index in [9.17, 15) is 9.59 Å². The van der Waals surface area contributed by atoms with E-state index in [1.807, 2.05) is 67.4 Å². The number of carbonyl (C=O) groups excluding carboxylic acids is 2. The van der Waals surface area contributed by atoms with Crippen LogP contribution < -0.4 is 10.6 Å². The maximum absolute atomic E-state index is 12.9. The zero-order valence-corrected chi connectivity index (χ0v) is 17.3. The predicted molar refractivity (Wildman–Crippen MR) is 116 cm³/mol. The molecule has 0 saturated heterocycles. The molecule has 1 unspecified atom stereocenters. The van der Waals surface area contributed by atoms with Crippen molar-refractivity contribution in [3.8, 4) is 0 Å². The summed E-state index contributed by atoms with van der Waals surface area (Å²) in [6.07, 6.45) is 1.57. The van der Waals surface area contributed by atoms with Crippen LogP contribution in [0.2, 0.25) is 0 Å². The van der Waals surface area contributed by atoms with E-state index in [1.165, 1.54) is 0 Å². The number of rotatable bonds is 9. The van der Waals surface area contributed by atoms with Gasteiger partial charge in [0.05, 0.1) is 12.8 Å². The Balaban J connectivity index is 1.62. The molecule has 1 heterocycles. The second-order valence-corrected chi connectivity index (χ2v) is 7.07. The number of amides is 2. The molecule has 1 atom stereocenters. The molecule has 6 heteroatoms. The zero-order valence-electron chi connectivity index (χ0n) is 17.3. The van der Waals surface area contributed by atoms with Gasteiger partial charge in [-0.3, -0.25) is 14.5 Å². The number of benzene rings is 2. The van der Waals surface area contributed by atoms with E-state index in [0.717, 1.165) is 17.7 Å². The number of nitrogens with one attached hydrogen (secondary N) is 2. The van der Waals surface area contributed by atoms with Gasteiger partial charge in [-0.25, -0.2) is 0 Å². The van der Waals surface area contributed by atoms with Gasteiger partial charge < -0.3 is 15.1 Å². The molecule has 0 fully saturated rings. The second kappa shape index (κ2) is 10.4. The van der Waals surface area contributed by atoms with Gasteiger partial charge in [0.25, 0.3) is 5.91 Å². The van der Waals surface area contributed by atoms with E-state index in [-0.39, 0.29) is 17.9 Å². The maximum atomic E-state index is 12.9. The van der Waals surface area contributed by atoms with E-state index in [4.69, 9.17) is 4.42 Å². The molecule has 0 aliphatic rings. The molecular weight excluding hydrogens is 378 g/mol. The molecular formula is C24H27N3O3. The van der Waals surface area contributed by atoms with E-state index in [1.54, 1.807) is 24.5 Å². The first-order chi connectivity index (χ1) is 14.6. The fourth-order valence-corrected chi connectivity index (χ4v) is 3.21. The van der Waals surface area contributed by atoms with Gasteiger partial charge in [0.2, 0.25) is 5.91 Å². The third-order valence-electron chi connectivity index (χ3n) is 4.96. The van der Waals surface area contributed by atoms with Crippen LogP contribution in [0.25, 0.3) is 0 Å². The van der Waals surface area contributed by atoms with Crippen molar-refractivity contribution in [2.45, 2.75) is 26.1 Å². The van der Waals surface area contributed by atoms with Crippen molar-refractivity contribution in [3.63, 3.8) is 0 Å².